The van der Waals surface area contributed by atoms with Gasteiger partial charge in [-0.05, 0) is 54.4 Å². The van der Waals surface area contributed by atoms with E-state index in [9.17, 15) is 9.59 Å². The summed E-state index contributed by atoms with van der Waals surface area (Å²) in [6, 6.07) is 5.82. The number of aryl methyl sites for hydroxylation is 1. The molecule has 3 heterocycles. The minimum Gasteiger partial charge on any atom is -0.444 e. The maximum absolute atomic E-state index is 12.2. The van der Waals surface area contributed by atoms with E-state index in [4.69, 9.17) is 4.74 Å². The van der Waals surface area contributed by atoms with Gasteiger partial charge in [0.25, 0.3) is 5.56 Å². The van der Waals surface area contributed by atoms with Crippen molar-refractivity contribution in [1.82, 2.24) is 14.5 Å². The molecule has 27 heavy (non-hydrogen) atoms. The highest BCUT2D eigenvalue weighted by Gasteiger charge is 2.34. The van der Waals surface area contributed by atoms with Gasteiger partial charge >= 0.3 is 6.09 Å². The Bertz CT molecular complexity index is 894. The second-order valence-electron chi connectivity index (χ2n) is 7.94. The highest BCUT2D eigenvalue weighted by molar-refractivity contribution is 9.10. The van der Waals surface area contributed by atoms with E-state index >= 15 is 0 Å². The number of aromatic nitrogens is 2. The Morgan fingerprint density at radius 1 is 1.33 bits per heavy atom. The first kappa shape index (κ1) is 19.6. The maximum atomic E-state index is 12.2. The predicted molar refractivity (Wildman–Crippen MR) is 107 cm³/mol. The second kappa shape index (κ2) is 7.46. The van der Waals surface area contributed by atoms with E-state index in [1.54, 1.807) is 22.7 Å². The first-order valence-corrected chi connectivity index (χ1v) is 9.69. The minimum atomic E-state index is -0.477. The molecule has 2 aromatic rings. The summed E-state index contributed by atoms with van der Waals surface area (Å²) >= 11 is 3.42. The number of ether oxygens (including phenoxy) is 1. The quantitative estimate of drug-likeness (QED) is 0.742. The maximum Gasteiger partial charge on any atom is 0.410 e. The molecule has 1 fully saturated rings. The monoisotopic (exact) mass is 433 g/mol. The molecule has 0 aromatic carbocycles. The lowest BCUT2D eigenvalue weighted by molar-refractivity contribution is 0.00816. The van der Waals surface area contributed by atoms with Crippen LogP contribution in [0.15, 0.2) is 39.9 Å². The summed E-state index contributed by atoms with van der Waals surface area (Å²) in [5, 5.41) is 0. The summed E-state index contributed by atoms with van der Waals surface area (Å²) in [6.45, 7) is 6.88. The Kier molecular flexibility index (Phi) is 5.42. The van der Waals surface area contributed by atoms with Crippen molar-refractivity contribution in [2.75, 3.05) is 13.1 Å². The molecule has 0 radical (unpaired) electrons. The van der Waals surface area contributed by atoms with Crippen molar-refractivity contribution in [1.29, 1.82) is 0 Å². The largest absolute Gasteiger partial charge is 0.444 e. The molecule has 2 aromatic heterocycles. The van der Waals surface area contributed by atoms with E-state index in [0.29, 0.717) is 25.1 Å². The molecule has 144 valence electrons. The molecule has 0 N–H and O–H groups in total. The first-order valence-electron chi connectivity index (χ1n) is 8.90. The second-order valence-corrected chi connectivity index (χ2v) is 8.86. The third-order valence-corrected chi connectivity index (χ3v) is 4.88. The molecule has 0 bridgehead atoms. The lowest BCUT2D eigenvalue weighted by Gasteiger charge is -2.39. The fraction of sp³-hybridized carbons (Fsp3) is 0.450. The number of pyridine rings is 2. The van der Waals surface area contributed by atoms with Crippen molar-refractivity contribution < 1.29 is 9.53 Å². The Hall–Kier alpha value is -2.15. The van der Waals surface area contributed by atoms with Gasteiger partial charge < -0.3 is 14.2 Å². The molecule has 1 aliphatic heterocycles. The number of nitrogens with zero attached hydrogens (tertiary/aromatic N) is 3. The van der Waals surface area contributed by atoms with E-state index in [2.05, 4.69) is 20.9 Å². The molecule has 0 spiro atoms. The zero-order valence-corrected chi connectivity index (χ0v) is 17.6. The molecular formula is C20H24BrN3O3. The summed E-state index contributed by atoms with van der Waals surface area (Å²) in [5.41, 5.74) is 2.15. The average molecular weight is 434 g/mol. The zero-order valence-electron chi connectivity index (χ0n) is 16.0. The van der Waals surface area contributed by atoms with Gasteiger partial charge in [-0.3, -0.25) is 9.78 Å². The highest BCUT2D eigenvalue weighted by Crippen LogP contribution is 2.28. The van der Waals surface area contributed by atoms with Crippen LogP contribution in [0.2, 0.25) is 0 Å². The smallest absolute Gasteiger partial charge is 0.410 e. The standard InChI is InChI=1S/C20H24BrN3O3/c1-20(2,3)27-19(26)24-10-15(11-24)13-5-6-17(22-9-13)8-14-7-16(21)12-23(4)18(14)25/h5-7,9,12,15H,8,10-11H2,1-4H3. The Morgan fingerprint density at radius 2 is 2.04 bits per heavy atom. The normalized spacial score (nSPS) is 14.8. The molecule has 1 saturated heterocycles. The van der Waals surface area contributed by atoms with Gasteiger partial charge in [-0.25, -0.2) is 4.79 Å². The number of rotatable bonds is 3. The molecule has 7 heteroatoms. The van der Waals surface area contributed by atoms with Gasteiger partial charge in [-0.15, -0.1) is 0 Å². The number of carbonyl (C=O) groups excluding carboxylic acids is 1. The molecule has 0 saturated carbocycles. The fourth-order valence-corrected chi connectivity index (χ4v) is 3.59. The summed E-state index contributed by atoms with van der Waals surface area (Å²) < 4.78 is 7.81. The SMILES string of the molecule is Cn1cc(Br)cc(Cc2ccc(C3CN(C(=O)OC(C)(C)C)C3)cn2)c1=O. The van der Waals surface area contributed by atoms with Crippen LogP contribution in [0.4, 0.5) is 4.79 Å². The number of carbonyl (C=O) groups is 1. The van der Waals surface area contributed by atoms with Crippen molar-refractivity contribution in [3.8, 4) is 0 Å². The summed E-state index contributed by atoms with van der Waals surface area (Å²) in [7, 11) is 1.74. The van der Waals surface area contributed by atoms with Crippen LogP contribution >= 0.6 is 15.9 Å². The van der Waals surface area contributed by atoms with Crippen molar-refractivity contribution in [2.45, 2.75) is 38.7 Å². The lowest BCUT2D eigenvalue weighted by Crippen LogP contribution is -2.50. The molecule has 3 rings (SSSR count). The number of halogens is 1. The van der Waals surface area contributed by atoms with Crippen molar-refractivity contribution >= 4 is 22.0 Å². The van der Waals surface area contributed by atoms with Crippen LogP contribution in [0, 0.1) is 0 Å². The highest BCUT2D eigenvalue weighted by atomic mass is 79.9. The van der Waals surface area contributed by atoms with E-state index < -0.39 is 5.60 Å². The van der Waals surface area contributed by atoms with Crippen molar-refractivity contribution in [3.63, 3.8) is 0 Å². The van der Waals surface area contributed by atoms with Crippen LogP contribution in [-0.4, -0.2) is 39.2 Å². The lowest BCUT2D eigenvalue weighted by atomic mass is 9.93. The van der Waals surface area contributed by atoms with Gasteiger partial charge in [-0.2, -0.15) is 0 Å². The summed E-state index contributed by atoms with van der Waals surface area (Å²) in [4.78, 5) is 30.4. The van der Waals surface area contributed by atoms with Crippen LogP contribution in [0.1, 0.15) is 43.5 Å². The minimum absolute atomic E-state index is 0.0175. The Labute approximate surface area is 167 Å². The van der Waals surface area contributed by atoms with Crippen LogP contribution in [0.25, 0.3) is 0 Å². The topological polar surface area (TPSA) is 64.4 Å². The Morgan fingerprint density at radius 3 is 2.63 bits per heavy atom. The van der Waals surface area contributed by atoms with E-state index in [1.165, 1.54) is 0 Å². The molecule has 0 unspecified atom stereocenters. The van der Waals surface area contributed by atoms with Crippen LogP contribution in [-0.2, 0) is 18.2 Å². The third-order valence-electron chi connectivity index (χ3n) is 4.45. The third kappa shape index (κ3) is 4.77. The summed E-state index contributed by atoms with van der Waals surface area (Å²) in [5.74, 6) is 0.276. The van der Waals surface area contributed by atoms with Crippen LogP contribution in [0.5, 0.6) is 0 Å². The molecule has 1 aliphatic rings. The number of amides is 1. The van der Waals surface area contributed by atoms with E-state index in [1.807, 2.05) is 45.2 Å². The number of likely N-dealkylation sites (tertiary alicyclic amines) is 1. The van der Waals surface area contributed by atoms with Crippen LogP contribution < -0.4 is 5.56 Å². The molecule has 6 nitrogen and oxygen atoms in total. The van der Waals surface area contributed by atoms with E-state index in [-0.39, 0.29) is 17.6 Å². The van der Waals surface area contributed by atoms with Crippen LogP contribution in [0.3, 0.4) is 0 Å². The molecule has 1 amide bonds. The first-order chi connectivity index (χ1) is 12.6. The summed E-state index contributed by atoms with van der Waals surface area (Å²) in [6.07, 6.45) is 3.81. The van der Waals surface area contributed by atoms with Gasteiger partial charge in [0.2, 0.25) is 0 Å². The van der Waals surface area contributed by atoms with E-state index in [0.717, 1.165) is 15.7 Å². The average Bonchev–Trinajstić information content (AvgIpc) is 2.50. The number of hydrogen-bond acceptors (Lipinski definition) is 4. The van der Waals surface area contributed by atoms with Gasteiger partial charge in [0.15, 0.2) is 0 Å². The molecule has 0 atom stereocenters. The van der Waals surface area contributed by atoms with Gasteiger partial charge in [0.05, 0.1) is 0 Å². The Balaban J connectivity index is 1.61. The van der Waals surface area contributed by atoms with Gasteiger partial charge in [0, 0.05) is 60.6 Å². The van der Waals surface area contributed by atoms with Gasteiger partial charge in [-0.1, -0.05) is 6.07 Å². The van der Waals surface area contributed by atoms with Gasteiger partial charge in [0.1, 0.15) is 5.60 Å². The molecule has 0 aliphatic carbocycles. The fourth-order valence-electron chi connectivity index (χ4n) is 3.00. The number of hydrogen-bond donors (Lipinski definition) is 0. The predicted octanol–water partition coefficient (Wildman–Crippen LogP) is 3.47. The molecular weight excluding hydrogens is 410 g/mol. The zero-order chi connectivity index (χ0) is 19.8. The van der Waals surface area contributed by atoms with Crippen molar-refractivity contribution in [3.05, 3.63) is 62.2 Å². The van der Waals surface area contributed by atoms with Crippen molar-refractivity contribution in [2.24, 2.45) is 7.05 Å².